The minimum atomic E-state index is -1.30. The molecule has 2 N–H and O–H groups in total. The molecule has 8 atom stereocenters. The fraction of sp³-hybridized carbons (Fsp3) is 0.588. The van der Waals surface area contributed by atoms with Gasteiger partial charge >= 0.3 is 5.97 Å². The average Bonchev–Trinajstić information content (AvgIpc) is 3.60. The van der Waals surface area contributed by atoms with Gasteiger partial charge in [0.2, 0.25) is 17.7 Å². The van der Waals surface area contributed by atoms with Crippen LogP contribution >= 0.6 is 15.9 Å². The lowest BCUT2D eigenvalue weighted by Gasteiger charge is -2.43. The number of hydrogen-bond donors (Lipinski definition) is 2. The van der Waals surface area contributed by atoms with Crippen LogP contribution in [0.2, 0.25) is 0 Å². The number of amides is 3. The zero-order chi connectivity index (χ0) is 33.1. The number of carbonyl (C=O) groups excluding carboxylic acids is 4. The fourth-order valence-electron chi connectivity index (χ4n) is 7.04. The molecular formula is C34H46BrN3O7. The highest BCUT2D eigenvalue weighted by molar-refractivity contribution is 9.09. The first-order valence-corrected chi connectivity index (χ1v) is 16.6. The van der Waals surface area contributed by atoms with Gasteiger partial charge in [0, 0.05) is 23.3 Å². The number of carbonyl (C=O) groups is 4. The lowest BCUT2D eigenvalue weighted by Crippen LogP contribution is -2.61. The van der Waals surface area contributed by atoms with Crippen LogP contribution in [0.15, 0.2) is 55.6 Å². The van der Waals surface area contributed by atoms with Gasteiger partial charge in [0.05, 0.1) is 37.1 Å². The zero-order valence-electron chi connectivity index (χ0n) is 26.6. The van der Waals surface area contributed by atoms with Crippen molar-refractivity contribution in [1.82, 2.24) is 15.1 Å². The van der Waals surface area contributed by atoms with Gasteiger partial charge in [-0.05, 0) is 45.6 Å². The second-order valence-electron chi connectivity index (χ2n) is 13.0. The highest BCUT2D eigenvalue weighted by Crippen LogP contribution is 2.61. The molecule has 45 heavy (non-hydrogen) atoms. The highest BCUT2D eigenvalue weighted by atomic mass is 79.9. The molecule has 0 aromatic heterocycles. The van der Waals surface area contributed by atoms with E-state index in [1.807, 2.05) is 58.0 Å². The minimum absolute atomic E-state index is 0.0449. The summed E-state index contributed by atoms with van der Waals surface area (Å²) in [4.78, 5) is 58.3. The summed E-state index contributed by atoms with van der Waals surface area (Å²) in [6.07, 6.45) is 3.29. The summed E-state index contributed by atoms with van der Waals surface area (Å²) in [5.41, 5.74) is -1.21. The van der Waals surface area contributed by atoms with Gasteiger partial charge < -0.3 is 29.7 Å². The lowest BCUT2D eigenvalue weighted by molar-refractivity contribution is -0.161. The minimum Gasteiger partial charge on any atom is -0.455 e. The van der Waals surface area contributed by atoms with Crippen molar-refractivity contribution in [2.45, 2.75) is 93.6 Å². The van der Waals surface area contributed by atoms with E-state index in [0.29, 0.717) is 24.8 Å². The number of ether oxygens (including phenoxy) is 2. The van der Waals surface area contributed by atoms with Crippen molar-refractivity contribution < 1.29 is 33.8 Å². The molecular weight excluding hydrogens is 642 g/mol. The Hall–Kier alpha value is -3.02. The standard InChI is InChI=1S/C34H46BrN3O7/c1-7-10-16-25(40)36-19-24(21-14-12-11-13-15-21)44-32(43)26-27-30(41)38(22(9-3)20-39)29(34(27)18-23(35)28(26)45-34)31(42)37(17-8-2)33(4,5)6/h7-8,11-15,22-24,26-29,39H,1-2,9-10,16-20H2,3-6H3,(H,36,40)/t22-,23?,24-,26+,27-,28+,29+,34-/m0/s1. The average molecular weight is 689 g/mol. The second kappa shape index (κ2) is 14.2. The maximum Gasteiger partial charge on any atom is 0.313 e. The third kappa shape index (κ3) is 6.62. The number of alkyl halides is 1. The summed E-state index contributed by atoms with van der Waals surface area (Å²) in [6, 6.07) is 7.40. The zero-order valence-corrected chi connectivity index (χ0v) is 28.2. The predicted molar refractivity (Wildman–Crippen MR) is 173 cm³/mol. The molecule has 3 fully saturated rings. The number of likely N-dealkylation sites (tertiary alicyclic amines) is 1. The first-order valence-electron chi connectivity index (χ1n) is 15.7. The lowest BCUT2D eigenvalue weighted by atomic mass is 9.70. The van der Waals surface area contributed by atoms with Crippen LogP contribution in [0, 0.1) is 11.8 Å². The number of esters is 1. The number of benzene rings is 1. The Bertz CT molecular complexity index is 1280. The number of hydrogen-bond acceptors (Lipinski definition) is 7. The van der Waals surface area contributed by atoms with Gasteiger partial charge in [-0.25, -0.2) is 0 Å². The van der Waals surface area contributed by atoms with Gasteiger partial charge in [0.25, 0.3) is 0 Å². The number of allylic oxidation sites excluding steroid dienone is 1. The molecule has 3 aliphatic heterocycles. The van der Waals surface area contributed by atoms with Crippen molar-refractivity contribution in [3.63, 3.8) is 0 Å². The Morgan fingerprint density at radius 2 is 1.93 bits per heavy atom. The van der Waals surface area contributed by atoms with Crippen LogP contribution in [0.3, 0.4) is 0 Å². The molecule has 3 heterocycles. The number of nitrogens with zero attached hydrogens (tertiary/aromatic N) is 2. The maximum atomic E-state index is 14.5. The van der Waals surface area contributed by atoms with Crippen LogP contribution in [-0.4, -0.2) is 92.4 Å². The molecule has 1 aromatic rings. The SMILES string of the molecule is C=CCCC(=O)NC[C@H](OC(=O)[C@H]1[C@@H]2O[C@@]3(CC2Br)[C@@H]1C(=O)N([C@@H](CC)CO)[C@@H]3C(=O)N(CC=C)C(C)(C)C)c1ccccc1. The monoisotopic (exact) mass is 687 g/mol. The van der Waals surface area contributed by atoms with E-state index < -0.39 is 59.1 Å². The molecule has 3 saturated heterocycles. The fourth-order valence-corrected chi connectivity index (χ4v) is 7.98. The molecule has 2 bridgehead atoms. The molecule has 246 valence electrons. The molecule has 3 aliphatic rings. The summed E-state index contributed by atoms with van der Waals surface area (Å²) in [5.74, 6) is -3.54. The first-order chi connectivity index (χ1) is 21.4. The van der Waals surface area contributed by atoms with Crippen LogP contribution in [-0.2, 0) is 28.7 Å². The predicted octanol–water partition coefficient (Wildman–Crippen LogP) is 3.69. The van der Waals surface area contributed by atoms with Crippen molar-refractivity contribution in [3.05, 3.63) is 61.2 Å². The molecule has 1 spiro atoms. The van der Waals surface area contributed by atoms with Crippen LogP contribution in [0.1, 0.15) is 65.0 Å². The van der Waals surface area contributed by atoms with Crippen LogP contribution in [0.5, 0.6) is 0 Å². The van der Waals surface area contributed by atoms with Crippen LogP contribution < -0.4 is 5.32 Å². The Balaban J connectivity index is 1.71. The van der Waals surface area contributed by atoms with E-state index in [-0.39, 0.29) is 42.8 Å². The van der Waals surface area contributed by atoms with Gasteiger partial charge in [-0.3, -0.25) is 19.2 Å². The number of nitrogens with one attached hydrogen (secondary N) is 1. The van der Waals surface area contributed by atoms with E-state index in [4.69, 9.17) is 9.47 Å². The van der Waals surface area contributed by atoms with Crippen molar-refractivity contribution in [3.8, 4) is 0 Å². The van der Waals surface area contributed by atoms with Crippen molar-refractivity contribution >= 4 is 39.6 Å². The second-order valence-corrected chi connectivity index (χ2v) is 14.2. The quantitative estimate of drug-likeness (QED) is 0.174. The van der Waals surface area contributed by atoms with E-state index in [1.165, 1.54) is 4.90 Å². The number of rotatable bonds is 14. The Kier molecular flexibility index (Phi) is 11.0. The number of aliphatic hydroxyl groups excluding tert-OH is 1. The maximum absolute atomic E-state index is 14.5. The van der Waals surface area contributed by atoms with Crippen LogP contribution in [0.4, 0.5) is 0 Å². The third-order valence-corrected chi connectivity index (χ3v) is 10.0. The van der Waals surface area contributed by atoms with Gasteiger partial charge in [0.15, 0.2) is 0 Å². The number of halogens is 1. The molecule has 11 heteroatoms. The van der Waals surface area contributed by atoms with Gasteiger partial charge in [0.1, 0.15) is 17.7 Å². The molecule has 1 unspecified atom stereocenters. The Morgan fingerprint density at radius 1 is 1.24 bits per heavy atom. The summed E-state index contributed by atoms with van der Waals surface area (Å²) in [6.45, 7) is 15.0. The van der Waals surface area contributed by atoms with E-state index in [0.717, 1.165) is 0 Å². The van der Waals surface area contributed by atoms with E-state index in [9.17, 15) is 24.3 Å². The van der Waals surface area contributed by atoms with E-state index >= 15 is 0 Å². The topological polar surface area (TPSA) is 125 Å². The summed E-state index contributed by atoms with van der Waals surface area (Å²) < 4.78 is 12.7. The largest absolute Gasteiger partial charge is 0.455 e. The van der Waals surface area contributed by atoms with Crippen molar-refractivity contribution in [1.29, 1.82) is 0 Å². The molecule has 10 nitrogen and oxygen atoms in total. The molecule has 1 aromatic carbocycles. The molecule has 4 rings (SSSR count). The Labute approximate surface area is 274 Å². The first kappa shape index (κ1) is 34.8. The smallest absolute Gasteiger partial charge is 0.313 e. The molecule has 0 aliphatic carbocycles. The van der Waals surface area contributed by atoms with E-state index in [2.05, 4.69) is 34.4 Å². The van der Waals surface area contributed by atoms with Crippen molar-refractivity contribution in [2.75, 3.05) is 19.7 Å². The van der Waals surface area contributed by atoms with E-state index in [1.54, 1.807) is 17.1 Å². The molecule has 0 radical (unpaired) electrons. The number of aliphatic hydroxyl groups is 1. The molecule has 3 amide bonds. The van der Waals surface area contributed by atoms with Gasteiger partial charge in [-0.1, -0.05) is 65.3 Å². The summed E-state index contributed by atoms with van der Waals surface area (Å²) in [7, 11) is 0. The van der Waals surface area contributed by atoms with Crippen molar-refractivity contribution in [2.24, 2.45) is 11.8 Å². The third-order valence-electron chi connectivity index (χ3n) is 9.19. The highest BCUT2D eigenvalue weighted by Gasteiger charge is 2.77. The normalized spacial score (nSPS) is 28.3. The molecule has 0 saturated carbocycles. The number of fused-ring (bicyclic) bond motifs is 1. The van der Waals surface area contributed by atoms with Gasteiger partial charge in [-0.2, -0.15) is 0 Å². The van der Waals surface area contributed by atoms with Crippen LogP contribution in [0.25, 0.3) is 0 Å². The summed E-state index contributed by atoms with van der Waals surface area (Å²) >= 11 is 3.70. The van der Waals surface area contributed by atoms with Gasteiger partial charge in [-0.15, -0.1) is 13.2 Å². The Morgan fingerprint density at radius 3 is 2.51 bits per heavy atom. The summed E-state index contributed by atoms with van der Waals surface area (Å²) in [5, 5.41) is 13.2.